The molecule has 0 amide bonds. The molecule has 2 N–H and O–H groups in total. The molecule has 2 rings (SSSR count). The molecular formula is C10H12N2. The normalized spacial score (nSPS) is 21.8. The Kier molecular flexibility index (Phi) is 2.10. The summed E-state index contributed by atoms with van der Waals surface area (Å²) in [5.41, 5.74) is 1.32. The third-order valence-electron chi connectivity index (χ3n) is 1.99. The van der Waals surface area contributed by atoms with E-state index in [1.54, 1.807) is 0 Å². The van der Waals surface area contributed by atoms with Crippen LogP contribution < -0.4 is 10.6 Å². The molecule has 1 heterocycles. The zero-order chi connectivity index (χ0) is 8.23. The molecule has 2 nitrogen and oxygen atoms in total. The summed E-state index contributed by atoms with van der Waals surface area (Å²) >= 11 is 0. The highest BCUT2D eigenvalue weighted by atomic mass is 15.1. The lowest BCUT2D eigenvalue weighted by atomic mass is 10.1. The lowest BCUT2D eigenvalue weighted by Gasteiger charge is -2.19. The van der Waals surface area contributed by atoms with Crippen molar-refractivity contribution in [1.29, 1.82) is 0 Å². The van der Waals surface area contributed by atoms with Crippen LogP contribution in [-0.2, 0) is 0 Å². The molecule has 0 fully saturated rings. The van der Waals surface area contributed by atoms with Crippen molar-refractivity contribution in [3.8, 4) is 0 Å². The monoisotopic (exact) mass is 160 g/mol. The Morgan fingerprint density at radius 1 is 1.17 bits per heavy atom. The van der Waals surface area contributed by atoms with Gasteiger partial charge in [0, 0.05) is 0 Å². The molecule has 1 aliphatic heterocycles. The fourth-order valence-corrected chi connectivity index (χ4v) is 1.35. The van der Waals surface area contributed by atoms with Gasteiger partial charge in [-0.15, -0.1) is 0 Å². The van der Waals surface area contributed by atoms with Crippen molar-refractivity contribution in [2.45, 2.75) is 6.04 Å². The first-order chi connectivity index (χ1) is 5.97. The lowest BCUT2D eigenvalue weighted by molar-refractivity contribution is 0.564. The van der Waals surface area contributed by atoms with Crippen molar-refractivity contribution >= 4 is 0 Å². The summed E-state index contributed by atoms with van der Waals surface area (Å²) in [6, 6.07) is 10.8. The zero-order valence-electron chi connectivity index (χ0n) is 6.83. The Morgan fingerprint density at radius 3 is 2.67 bits per heavy atom. The SMILES string of the molecule is C1=CC(c2ccccc2)NCN1. The van der Waals surface area contributed by atoms with Gasteiger partial charge in [0.25, 0.3) is 0 Å². The van der Waals surface area contributed by atoms with Gasteiger partial charge in [-0.05, 0) is 17.8 Å². The summed E-state index contributed by atoms with van der Waals surface area (Å²) in [6.07, 6.45) is 4.12. The quantitative estimate of drug-likeness (QED) is 0.648. The van der Waals surface area contributed by atoms with E-state index < -0.39 is 0 Å². The first-order valence-electron chi connectivity index (χ1n) is 4.15. The molecule has 0 saturated carbocycles. The second-order valence-corrected chi connectivity index (χ2v) is 2.83. The summed E-state index contributed by atoms with van der Waals surface area (Å²) in [5, 5.41) is 6.43. The van der Waals surface area contributed by atoms with Gasteiger partial charge < -0.3 is 5.32 Å². The first kappa shape index (κ1) is 7.37. The summed E-state index contributed by atoms with van der Waals surface area (Å²) in [6.45, 7) is 0.843. The van der Waals surface area contributed by atoms with Crippen LogP contribution in [0.15, 0.2) is 42.6 Å². The van der Waals surface area contributed by atoms with E-state index in [-0.39, 0.29) is 0 Å². The van der Waals surface area contributed by atoms with Crippen molar-refractivity contribution in [2.75, 3.05) is 6.67 Å². The zero-order valence-corrected chi connectivity index (χ0v) is 6.83. The molecule has 1 aliphatic rings. The second kappa shape index (κ2) is 3.41. The molecule has 1 unspecified atom stereocenters. The molecule has 1 aromatic rings. The Hall–Kier alpha value is -1.28. The van der Waals surface area contributed by atoms with Crippen LogP contribution in [0, 0.1) is 0 Å². The van der Waals surface area contributed by atoms with Crippen LogP contribution in [0.3, 0.4) is 0 Å². The van der Waals surface area contributed by atoms with Crippen LogP contribution in [0.25, 0.3) is 0 Å². The Morgan fingerprint density at radius 2 is 2.00 bits per heavy atom. The molecule has 0 bridgehead atoms. The van der Waals surface area contributed by atoms with E-state index in [9.17, 15) is 0 Å². The summed E-state index contributed by atoms with van der Waals surface area (Å²) < 4.78 is 0. The number of rotatable bonds is 1. The lowest BCUT2D eigenvalue weighted by Crippen LogP contribution is -2.32. The van der Waals surface area contributed by atoms with Gasteiger partial charge >= 0.3 is 0 Å². The molecule has 2 heteroatoms. The van der Waals surface area contributed by atoms with E-state index in [4.69, 9.17) is 0 Å². The van der Waals surface area contributed by atoms with E-state index in [1.807, 2.05) is 12.3 Å². The molecule has 0 aromatic heterocycles. The third-order valence-corrected chi connectivity index (χ3v) is 1.99. The maximum atomic E-state index is 3.34. The minimum atomic E-state index is 0.368. The van der Waals surface area contributed by atoms with Crippen molar-refractivity contribution in [2.24, 2.45) is 0 Å². The van der Waals surface area contributed by atoms with Gasteiger partial charge in [0.1, 0.15) is 0 Å². The van der Waals surface area contributed by atoms with Gasteiger partial charge in [-0.1, -0.05) is 30.3 Å². The third kappa shape index (κ3) is 1.48. The van der Waals surface area contributed by atoms with Gasteiger partial charge in [-0.2, -0.15) is 0 Å². The maximum Gasteiger partial charge on any atom is 0.0655 e. The van der Waals surface area contributed by atoms with E-state index in [0.29, 0.717) is 6.04 Å². The van der Waals surface area contributed by atoms with Gasteiger partial charge in [-0.25, -0.2) is 0 Å². The molecular weight excluding hydrogens is 148 g/mol. The topological polar surface area (TPSA) is 24.1 Å². The van der Waals surface area contributed by atoms with Gasteiger partial charge in [0.2, 0.25) is 0 Å². The maximum absolute atomic E-state index is 3.34. The summed E-state index contributed by atoms with van der Waals surface area (Å²) in [4.78, 5) is 0. The van der Waals surface area contributed by atoms with E-state index in [1.165, 1.54) is 5.56 Å². The number of hydrogen-bond donors (Lipinski definition) is 2. The van der Waals surface area contributed by atoms with Crippen molar-refractivity contribution in [3.63, 3.8) is 0 Å². The van der Waals surface area contributed by atoms with Gasteiger partial charge in [0.05, 0.1) is 12.7 Å². The van der Waals surface area contributed by atoms with Gasteiger partial charge in [0.15, 0.2) is 0 Å². The molecule has 0 radical (unpaired) electrons. The van der Waals surface area contributed by atoms with Crippen LogP contribution in [-0.4, -0.2) is 6.67 Å². The van der Waals surface area contributed by atoms with E-state index in [2.05, 4.69) is 41.0 Å². The number of hydrogen-bond acceptors (Lipinski definition) is 2. The highest BCUT2D eigenvalue weighted by molar-refractivity contribution is 5.23. The summed E-state index contributed by atoms with van der Waals surface area (Å²) in [7, 11) is 0. The molecule has 0 aliphatic carbocycles. The number of nitrogens with one attached hydrogen (secondary N) is 2. The van der Waals surface area contributed by atoms with E-state index in [0.717, 1.165) is 6.67 Å². The highest BCUT2D eigenvalue weighted by Gasteiger charge is 2.07. The minimum Gasteiger partial charge on any atom is -0.379 e. The molecule has 62 valence electrons. The highest BCUT2D eigenvalue weighted by Crippen LogP contribution is 2.14. The van der Waals surface area contributed by atoms with Gasteiger partial charge in [-0.3, -0.25) is 5.32 Å². The fraction of sp³-hybridized carbons (Fsp3) is 0.200. The van der Waals surface area contributed by atoms with Crippen LogP contribution >= 0.6 is 0 Å². The number of benzene rings is 1. The molecule has 12 heavy (non-hydrogen) atoms. The van der Waals surface area contributed by atoms with Crippen LogP contribution in [0.5, 0.6) is 0 Å². The molecule has 1 atom stereocenters. The van der Waals surface area contributed by atoms with Crippen LogP contribution in [0.1, 0.15) is 11.6 Å². The summed E-state index contributed by atoms with van der Waals surface area (Å²) in [5.74, 6) is 0. The first-order valence-corrected chi connectivity index (χ1v) is 4.15. The van der Waals surface area contributed by atoms with Crippen molar-refractivity contribution in [3.05, 3.63) is 48.2 Å². The predicted octanol–water partition coefficient (Wildman–Crippen LogP) is 1.39. The van der Waals surface area contributed by atoms with E-state index >= 15 is 0 Å². The van der Waals surface area contributed by atoms with Crippen LogP contribution in [0.2, 0.25) is 0 Å². The smallest absolute Gasteiger partial charge is 0.0655 e. The molecule has 0 saturated heterocycles. The Bertz CT molecular complexity index is 266. The van der Waals surface area contributed by atoms with Crippen molar-refractivity contribution in [1.82, 2.24) is 10.6 Å². The predicted molar refractivity (Wildman–Crippen MR) is 49.5 cm³/mol. The molecule has 0 spiro atoms. The Labute approximate surface area is 72.3 Å². The molecule has 1 aromatic carbocycles. The average molecular weight is 160 g/mol. The Balaban J connectivity index is 2.19. The minimum absolute atomic E-state index is 0.368. The second-order valence-electron chi connectivity index (χ2n) is 2.83. The van der Waals surface area contributed by atoms with Crippen molar-refractivity contribution < 1.29 is 0 Å². The largest absolute Gasteiger partial charge is 0.379 e. The standard InChI is InChI=1S/C10H12N2/c1-2-4-9(5-3-1)10-6-7-11-8-12-10/h1-7,10-12H,8H2. The van der Waals surface area contributed by atoms with Crippen LogP contribution in [0.4, 0.5) is 0 Å². The average Bonchev–Trinajstić information content (AvgIpc) is 2.21. The fourth-order valence-electron chi connectivity index (χ4n) is 1.35.